The van der Waals surface area contributed by atoms with E-state index in [0.717, 1.165) is 5.56 Å². The SMILES string of the molecule is C[C@@H](NC(=O)CN(C)CC(=O)Nc1ccccc1Cl)c1ccccc1Cl. The molecule has 2 N–H and O–H groups in total. The molecule has 0 radical (unpaired) electrons. The van der Waals surface area contributed by atoms with Crippen molar-refractivity contribution in [3.63, 3.8) is 0 Å². The second-order valence-electron chi connectivity index (χ2n) is 6.01. The molecule has 0 unspecified atom stereocenters. The summed E-state index contributed by atoms with van der Waals surface area (Å²) in [6.45, 7) is 2.02. The third-order valence-electron chi connectivity index (χ3n) is 3.72. The van der Waals surface area contributed by atoms with E-state index in [-0.39, 0.29) is 30.9 Å². The van der Waals surface area contributed by atoms with E-state index in [4.69, 9.17) is 23.2 Å². The smallest absolute Gasteiger partial charge is 0.238 e. The summed E-state index contributed by atoms with van der Waals surface area (Å²) in [5, 5.41) is 6.68. The lowest BCUT2D eigenvalue weighted by Gasteiger charge is -2.19. The van der Waals surface area contributed by atoms with E-state index in [1.807, 2.05) is 25.1 Å². The molecule has 2 amide bonds. The van der Waals surface area contributed by atoms with Crippen molar-refractivity contribution in [1.82, 2.24) is 10.2 Å². The highest BCUT2D eigenvalue weighted by molar-refractivity contribution is 6.33. The number of carbonyl (C=O) groups excluding carboxylic acids is 2. The third-order valence-corrected chi connectivity index (χ3v) is 4.40. The molecule has 0 spiro atoms. The summed E-state index contributed by atoms with van der Waals surface area (Å²) in [5.74, 6) is -0.432. The molecule has 138 valence electrons. The molecular weight excluding hydrogens is 373 g/mol. The molecule has 0 saturated carbocycles. The van der Waals surface area contributed by atoms with Gasteiger partial charge in [-0.25, -0.2) is 0 Å². The summed E-state index contributed by atoms with van der Waals surface area (Å²) in [6.07, 6.45) is 0. The maximum Gasteiger partial charge on any atom is 0.238 e. The van der Waals surface area contributed by atoms with E-state index in [1.165, 1.54) is 0 Å². The first-order valence-electron chi connectivity index (χ1n) is 8.13. The second-order valence-corrected chi connectivity index (χ2v) is 6.83. The first kappa shape index (κ1) is 20.2. The highest BCUT2D eigenvalue weighted by Crippen LogP contribution is 2.22. The molecule has 2 aromatic rings. The fourth-order valence-corrected chi connectivity index (χ4v) is 2.97. The van der Waals surface area contributed by atoms with E-state index < -0.39 is 0 Å². The summed E-state index contributed by atoms with van der Waals surface area (Å²) in [5.41, 5.74) is 1.39. The van der Waals surface area contributed by atoms with E-state index in [9.17, 15) is 9.59 Å². The molecule has 2 aromatic carbocycles. The molecule has 2 rings (SSSR count). The van der Waals surface area contributed by atoms with Gasteiger partial charge in [0.25, 0.3) is 0 Å². The Morgan fingerprint density at radius 2 is 1.54 bits per heavy atom. The number of carbonyl (C=O) groups is 2. The van der Waals surface area contributed by atoms with Gasteiger partial charge in [0.1, 0.15) is 0 Å². The topological polar surface area (TPSA) is 61.4 Å². The van der Waals surface area contributed by atoms with Gasteiger partial charge in [-0.05, 0) is 37.7 Å². The van der Waals surface area contributed by atoms with Crippen LogP contribution in [0.15, 0.2) is 48.5 Å². The standard InChI is InChI=1S/C19H21Cl2N3O2/c1-13(14-7-3-4-8-15(14)20)22-18(25)11-24(2)12-19(26)23-17-10-6-5-9-16(17)21/h3-10,13H,11-12H2,1-2H3,(H,22,25)(H,23,26)/t13-/m1/s1. The van der Waals surface area contributed by atoms with E-state index in [1.54, 1.807) is 42.3 Å². The molecule has 7 heteroatoms. The minimum atomic E-state index is -0.243. The molecule has 0 saturated heterocycles. The van der Waals surface area contributed by atoms with Crippen LogP contribution < -0.4 is 10.6 Å². The number of hydrogen-bond acceptors (Lipinski definition) is 3. The average Bonchev–Trinajstić information content (AvgIpc) is 2.56. The summed E-state index contributed by atoms with van der Waals surface area (Å²) in [7, 11) is 1.70. The molecule has 0 bridgehead atoms. The van der Waals surface area contributed by atoms with Gasteiger partial charge >= 0.3 is 0 Å². The van der Waals surface area contributed by atoms with Gasteiger partial charge in [0, 0.05) is 5.02 Å². The maximum atomic E-state index is 12.2. The first-order valence-corrected chi connectivity index (χ1v) is 8.89. The van der Waals surface area contributed by atoms with Gasteiger partial charge in [0.15, 0.2) is 0 Å². The Kier molecular flexibility index (Phi) is 7.45. The van der Waals surface area contributed by atoms with E-state index >= 15 is 0 Å². The predicted molar refractivity (Wildman–Crippen MR) is 106 cm³/mol. The van der Waals surface area contributed by atoms with Crippen LogP contribution in [0.4, 0.5) is 5.69 Å². The predicted octanol–water partition coefficient (Wildman–Crippen LogP) is 3.74. The molecule has 0 heterocycles. The molecule has 0 aliphatic carbocycles. The van der Waals surface area contributed by atoms with E-state index in [2.05, 4.69) is 10.6 Å². The van der Waals surface area contributed by atoms with Crippen molar-refractivity contribution >= 4 is 40.7 Å². The Labute approximate surface area is 163 Å². The zero-order chi connectivity index (χ0) is 19.1. The minimum absolute atomic E-state index is 0.0686. The van der Waals surface area contributed by atoms with Crippen molar-refractivity contribution in [2.24, 2.45) is 0 Å². The van der Waals surface area contributed by atoms with Crippen molar-refractivity contribution in [2.75, 3.05) is 25.5 Å². The Balaban J connectivity index is 1.82. The average molecular weight is 394 g/mol. The van der Waals surface area contributed by atoms with Crippen LogP contribution in [0.25, 0.3) is 0 Å². The highest BCUT2D eigenvalue weighted by atomic mass is 35.5. The quantitative estimate of drug-likeness (QED) is 0.752. The first-order chi connectivity index (χ1) is 12.4. The van der Waals surface area contributed by atoms with Gasteiger partial charge in [0.2, 0.25) is 11.8 Å². The van der Waals surface area contributed by atoms with Crippen LogP contribution in [-0.4, -0.2) is 36.9 Å². The van der Waals surface area contributed by atoms with Crippen molar-refractivity contribution in [2.45, 2.75) is 13.0 Å². The zero-order valence-electron chi connectivity index (χ0n) is 14.6. The van der Waals surface area contributed by atoms with Crippen molar-refractivity contribution < 1.29 is 9.59 Å². The number of likely N-dealkylation sites (N-methyl/N-ethyl adjacent to an activating group) is 1. The molecule has 0 aromatic heterocycles. The number of para-hydroxylation sites is 1. The Morgan fingerprint density at radius 1 is 0.962 bits per heavy atom. The number of nitrogens with one attached hydrogen (secondary N) is 2. The van der Waals surface area contributed by atoms with Crippen LogP contribution in [0.2, 0.25) is 10.0 Å². The zero-order valence-corrected chi connectivity index (χ0v) is 16.1. The van der Waals surface area contributed by atoms with Crippen LogP contribution in [0.5, 0.6) is 0 Å². The number of halogens is 2. The maximum absolute atomic E-state index is 12.2. The van der Waals surface area contributed by atoms with Crippen LogP contribution in [-0.2, 0) is 9.59 Å². The summed E-state index contributed by atoms with van der Waals surface area (Å²) in [6, 6.07) is 14.1. The molecule has 0 fully saturated rings. The largest absolute Gasteiger partial charge is 0.348 e. The normalized spacial score (nSPS) is 11.9. The third kappa shape index (κ3) is 6.02. The van der Waals surface area contributed by atoms with Crippen LogP contribution in [0.3, 0.4) is 0 Å². The number of amides is 2. The molecule has 0 aliphatic rings. The number of nitrogens with zero attached hydrogens (tertiary/aromatic N) is 1. The van der Waals surface area contributed by atoms with Gasteiger partial charge in [-0.1, -0.05) is 53.5 Å². The summed E-state index contributed by atoms with van der Waals surface area (Å²) < 4.78 is 0. The van der Waals surface area contributed by atoms with Crippen LogP contribution >= 0.6 is 23.2 Å². The molecule has 1 atom stereocenters. The van der Waals surface area contributed by atoms with Gasteiger partial charge in [-0.2, -0.15) is 0 Å². The van der Waals surface area contributed by atoms with Crippen molar-refractivity contribution in [3.8, 4) is 0 Å². The molecular formula is C19H21Cl2N3O2. The van der Waals surface area contributed by atoms with Crippen LogP contribution in [0.1, 0.15) is 18.5 Å². The number of benzene rings is 2. The highest BCUT2D eigenvalue weighted by Gasteiger charge is 2.15. The molecule has 26 heavy (non-hydrogen) atoms. The lowest BCUT2D eigenvalue weighted by molar-refractivity contribution is -0.123. The van der Waals surface area contributed by atoms with Gasteiger partial charge in [-0.3, -0.25) is 14.5 Å². The number of rotatable bonds is 7. The van der Waals surface area contributed by atoms with Crippen molar-refractivity contribution in [1.29, 1.82) is 0 Å². The van der Waals surface area contributed by atoms with Gasteiger partial charge in [0.05, 0.1) is 29.8 Å². The second kappa shape index (κ2) is 9.57. The number of hydrogen-bond donors (Lipinski definition) is 2. The lowest BCUT2D eigenvalue weighted by Crippen LogP contribution is -2.39. The Hall–Kier alpha value is -2.08. The van der Waals surface area contributed by atoms with Gasteiger partial charge in [-0.15, -0.1) is 0 Å². The Morgan fingerprint density at radius 3 is 2.19 bits per heavy atom. The van der Waals surface area contributed by atoms with Crippen LogP contribution in [0, 0.1) is 0 Å². The summed E-state index contributed by atoms with van der Waals surface area (Å²) >= 11 is 12.2. The fourth-order valence-electron chi connectivity index (χ4n) is 2.49. The minimum Gasteiger partial charge on any atom is -0.348 e. The lowest BCUT2D eigenvalue weighted by atomic mass is 10.1. The van der Waals surface area contributed by atoms with E-state index in [0.29, 0.717) is 15.7 Å². The summed E-state index contributed by atoms with van der Waals surface area (Å²) in [4.78, 5) is 25.9. The Bertz CT molecular complexity index is 783. The van der Waals surface area contributed by atoms with Crippen molar-refractivity contribution in [3.05, 3.63) is 64.1 Å². The molecule has 5 nitrogen and oxygen atoms in total. The monoisotopic (exact) mass is 393 g/mol. The number of anilines is 1. The molecule has 0 aliphatic heterocycles. The fraction of sp³-hybridized carbons (Fsp3) is 0.263. The van der Waals surface area contributed by atoms with Gasteiger partial charge < -0.3 is 10.6 Å².